The molecular weight excluding hydrogens is 258 g/mol. The van der Waals surface area contributed by atoms with E-state index >= 15 is 0 Å². The molecule has 102 valence electrons. The van der Waals surface area contributed by atoms with Crippen LogP contribution in [0.4, 0.5) is 0 Å². The zero-order valence-electron chi connectivity index (χ0n) is 11.0. The summed E-state index contributed by atoms with van der Waals surface area (Å²) in [5, 5.41) is 0. The molecule has 0 amide bonds. The molecule has 3 fully saturated rings. The molecule has 0 aliphatic carbocycles. The van der Waals surface area contributed by atoms with Crippen LogP contribution in [0.1, 0.15) is 5.56 Å². The Morgan fingerprint density at radius 3 is 2.05 bits per heavy atom. The molecule has 1 aromatic carbocycles. The van der Waals surface area contributed by atoms with Gasteiger partial charge in [-0.25, -0.2) is 0 Å². The fraction of sp³-hybridized carbons (Fsp3) is 0.429. The van der Waals surface area contributed by atoms with Crippen molar-refractivity contribution in [2.45, 2.75) is 0 Å². The summed E-state index contributed by atoms with van der Waals surface area (Å²) in [4.78, 5) is 2.32. The summed E-state index contributed by atoms with van der Waals surface area (Å²) in [7, 11) is -2.62. The van der Waals surface area contributed by atoms with Crippen LogP contribution in [0.2, 0.25) is 0 Å². The van der Waals surface area contributed by atoms with Crippen LogP contribution in [-0.4, -0.2) is 53.2 Å². The predicted octanol–water partition coefficient (Wildman–Crippen LogP) is 1.56. The third-order valence-corrected chi connectivity index (χ3v) is 5.81. The molecule has 3 heterocycles. The van der Waals surface area contributed by atoms with Gasteiger partial charge in [0.25, 0.3) is 0 Å². The molecule has 0 N–H and O–H groups in total. The summed E-state index contributed by atoms with van der Waals surface area (Å²) in [6, 6.07) is 10.2. The Morgan fingerprint density at radius 1 is 0.895 bits per heavy atom. The highest BCUT2D eigenvalue weighted by atomic mass is 28.4. The molecule has 19 heavy (non-hydrogen) atoms. The summed E-state index contributed by atoms with van der Waals surface area (Å²) in [6.45, 7) is 4.98. The fourth-order valence-corrected chi connectivity index (χ4v) is 4.38. The summed E-state index contributed by atoms with van der Waals surface area (Å²) in [5.74, 6) is 0. The first-order chi connectivity index (χ1) is 9.36. The number of rotatable bonds is 2. The van der Waals surface area contributed by atoms with Crippen LogP contribution in [0.25, 0.3) is 6.08 Å². The van der Waals surface area contributed by atoms with E-state index in [1.807, 2.05) is 30.0 Å². The number of hydrogen-bond donors (Lipinski definition) is 0. The second-order valence-electron chi connectivity index (χ2n) is 4.73. The van der Waals surface area contributed by atoms with Gasteiger partial charge in [0.05, 0.1) is 19.8 Å². The van der Waals surface area contributed by atoms with Crippen molar-refractivity contribution in [3.63, 3.8) is 0 Å². The summed E-state index contributed by atoms with van der Waals surface area (Å²) < 4.78 is 17.8. The number of hydrogen-bond acceptors (Lipinski definition) is 4. The van der Waals surface area contributed by atoms with Gasteiger partial charge in [0, 0.05) is 19.6 Å². The van der Waals surface area contributed by atoms with Gasteiger partial charge in [-0.15, -0.1) is 0 Å². The average molecular weight is 277 g/mol. The zero-order valence-corrected chi connectivity index (χ0v) is 12.0. The second kappa shape index (κ2) is 5.98. The molecule has 4 rings (SSSR count). The third kappa shape index (κ3) is 3.32. The molecule has 0 unspecified atom stereocenters. The molecular formula is C14H19NO3Si. The fourth-order valence-electron chi connectivity index (χ4n) is 2.32. The van der Waals surface area contributed by atoms with Gasteiger partial charge in [-0.2, -0.15) is 0 Å². The minimum Gasteiger partial charge on any atom is -0.369 e. The Hall–Kier alpha value is -0.983. The SMILES string of the molecule is C(=C\[Si]12OCCN(CCO1)CCO2)/c1ccccc1. The lowest BCUT2D eigenvalue weighted by molar-refractivity contribution is 0.000422. The number of fused-ring (bicyclic) bond motifs is 6. The number of benzene rings is 1. The van der Waals surface area contributed by atoms with E-state index in [1.165, 1.54) is 0 Å². The first-order valence-electron chi connectivity index (χ1n) is 6.75. The Kier molecular flexibility index (Phi) is 4.10. The topological polar surface area (TPSA) is 30.9 Å². The Labute approximate surface area is 115 Å². The molecule has 0 saturated carbocycles. The van der Waals surface area contributed by atoms with Gasteiger partial charge in [-0.05, 0) is 11.3 Å². The molecule has 2 bridgehead atoms. The molecule has 5 heteroatoms. The molecule has 4 nitrogen and oxygen atoms in total. The highest BCUT2D eigenvalue weighted by Crippen LogP contribution is 2.18. The molecule has 0 aromatic heterocycles. The van der Waals surface area contributed by atoms with Crippen molar-refractivity contribution in [2.75, 3.05) is 39.5 Å². The van der Waals surface area contributed by atoms with Crippen molar-refractivity contribution in [2.24, 2.45) is 0 Å². The highest BCUT2D eigenvalue weighted by Gasteiger charge is 2.41. The first-order valence-corrected chi connectivity index (χ1v) is 8.55. The maximum absolute atomic E-state index is 5.93. The Morgan fingerprint density at radius 2 is 1.47 bits per heavy atom. The smallest absolute Gasteiger partial charge is 0.369 e. The van der Waals surface area contributed by atoms with Crippen LogP contribution in [0.5, 0.6) is 0 Å². The third-order valence-electron chi connectivity index (χ3n) is 3.41. The van der Waals surface area contributed by atoms with E-state index in [9.17, 15) is 0 Å². The minimum absolute atomic E-state index is 0.686. The monoisotopic (exact) mass is 277 g/mol. The minimum atomic E-state index is -2.62. The lowest BCUT2D eigenvalue weighted by Crippen LogP contribution is -2.54. The summed E-state index contributed by atoms with van der Waals surface area (Å²) in [6.07, 6.45) is 2.05. The summed E-state index contributed by atoms with van der Waals surface area (Å²) >= 11 is 0. The molecule has 0 radical (unpaired) electrons. The van der Waals surface area contributed by atoms with E-state index in [1.54, 1.807) is 0 Å². The van der Waals surface area contributed by atoms with Gasteiger partial charge in [-0.3, -0.25) is 4.90 Å². The number of nitrogens with zero attached hydrogens (tertiary/aromatic N) is 1. The maximum atomic E-state index is 5.93. The highest BCUT2D eigenvalue weighted by molar-refractivity contribution is 6.67. The van der Waals surface area contributed by atoms with E-state index in [0.29, 0.717) is 19.8 Å². The van der Waals surface area contributed by atoms with Crippen LogP contribution in [0.15, 0.2) is 36.0 Å². The van der Waals surface area contributed by atoms with E-state index in [-0.39, 0.29) is 0 Å². The van der Waals surface area contributed by atoms with E-state index in [0.717, 1.165) is 25.2 Å². The molecule has 3 aliphatic heterocycles. The molecule has 1 aromatic rings. The normalized spacial score (nSPS) is 31.9. The molecule has 3 aliphatic rings. The van der Waals surface area contributed by atoms with Crippen LogP contribution >= 0.6 is 0 Å². The van der Waals surface area contributed by atoms with Crippen LogP contribution < -0.4 is 0 Å². The van der Waals surface area contributed by atoms with Crippen LogP contribution in [0, 0.1) is 0 Å². The maximum Gasteiger partial charge on any atom is 0.529 e. The van der Waals surface area contributed by atoms with Crippen molar-refractivity contribution in [1.82, 2.24) is 4.90 Å². The molecule has 0 spiro atoms. The van der Waals surface area contributed by atoms with Crippen molar-refractivity contribution in [3.8, 4) is 0 Å². The molecule has 0 atom stereocenters. The van der Waals surface area contributed by atoms with Gasteiger partial charge < -0.3 is 13.3 Å². The van der Waals surface area contributed by atoms with E-state index in [4.69, 9.17) is 13.3 Å². The van der Waals surface area contributed by atoms with E-state index in [2.05, 4.69) is 17.0 Å². The van der Waals surface area contributed by atoms with E-state index < -0.39 is 8.80 Å². The standard InChI is InChI=1S/C14H19NO3Si/c1-2-4-14(5-3-1)6-13-19-16-10-7-15(8-11-17-19)9-12-18-19/h1-6,13H,7-12H2/b13-6+. The Bertz CT molecular complexity index is 411. The zero-order chi connectivity index (χ0) is 13.0. The van der Waals surface area contributed by atoms with Crippen molar-refractivity contribution < 1.29 is 13.3 Å². The van der Waals surface area contributed by atoms with Gasteiger partial charge >= 0.3 is 8.80 Å². The summed E-state index contributed by atoms with van der Waals surface area (Å²) in [5.41, 5.74) is 3.16. The second-order valence-corrected chi connectivity index (χ2v) is 7.14. The lowest BCUT2D eigenvalue weighted by atomic mass is 10.2. The van der Waals surface area contributed by atoms with Crippen LogP contribution in [0.3, 0.4) is 0 Å². The van der Waals surface area contributed by atoms with Crippen molar-refractivity contribution >= 4 is 14.9 Å². The van der Waals surface area contributed by atoms with Gasteiger partial charge in [0.2, 0.25) is 0 Å². The van der Waals surface area contributed by atoms with Crippen molar-refractivity contribution in [3.05, 3.63) is 41.6 Å². The molecule has 3 saturated heterocycles. The van der Waals surface area contributed by atoms with Gasteiger partial charge in [-0.1, -0.05) is 36.4 Å². The van der Waals surface area contributed by atoms with Crippen molar-refractivity contribution in [1.29, 1.82) is 0 Å². The van der Waals surface area contributed by atoms with Crippen LogP contribution in [-0.2, 0) is 13.3 Å². The first kappa shape index (κ1) is 13.0. The van der Waals surface area contributed by atoms with Gasteiger partial charge in [0.15, 0.2) is 0 Å². The quantitative estimate of drug-likeness (QED) is 0.768. The lowest BCUT2D eigenvalue weighted by Gasteiger charge is -2.36. The predicted molar refractivity (Wildman–Crippen MR) is 75.5 cm³/mol. The van der Waals surface area contributed by atoms with Gasteiger partial charge in [0.1, 0.15) is 0 Å². The largest absolute Gasteiger partial charge is 0.529 e. The average Bonchev–Trinajstić information content (AvgIpc) is 2.37. The Balaban J connectivity index is 1.77.